The third-order valence-electron chi connectivity index (χ3n) is 4.62. The monoisotopic (exact) mass is 475 g/mol. The number of aliphatic imine (C=N–C) groups is 1. The van der Waals surface area contributed by atoms with Crippen molar-refractivity contribution in [2.45, 2.75) is 27.3 Å². The van der Waals surface area contributed by atoms with Gasteiger partial charge in [0.15, 0.2) is 5.96 Å². The van der Waals surface area contributed by atoms with E-state index >= 15 is 0 Å². The third-order valence-corrected chi connectivity index (χ3v) is 4.62. The maximum Gasteiger partial charge on any atom is 0.310 e. The van der Waals surface area contributed by atoms with E-state index in [4.69, 9.17) is 14.5 Å². The normalized spacial score (nSPS) is 19.7. The van der Waals surface area contributed by atoms with E-state index in [2.05, 4.69) is 23.2 Å². The van der Waals surface area contributed by atoms with Crippen LogP contribution in [0.2, 0.25) is 0 Å². The van der Waals surface area contributed by atoms with Crippen molar-refractivity contribution >= 4 is 35.9 Å². The maximum absolute atomic E-state index is 11.9. The highest BCUT2D eigenvalue weighted by Crippen LogP contribution is 2.24. The molecule has 146 valence electrons. The predicted octanol–water partition coefficient (Wildman–Crippen LogP) is 2.83. The average Bonchev–Trinajstić information content (AvgIpc) is 2.99. The van der Waals surface area contributed by atoms with Gasteiger partial charge in [-0.05, 0) is 37.0 Å². The Balaban J connectivity index is 0.00000338. The minimum atomic E-state index is -0.142. The second-order valence-corrected chi connectivity index (χ2v) is 6.49. The molecule has 2 rings (SSSR count). The van der Waals surface area contributed by atoms with Gasteiger partial charge < -0.3 is 19.7 Å². The molecule has 0 bridgehead atoms. The molecule has 7 heteroatoms. The molecule has 0 amide bonds. The molecule has 1 fully saturated rings. The van der Waals surface area contributed by atoms with Crippen molar-refractivity contribution in [1.82, 2.24) is 10.2 Å². The predicted molar refractivity (Wildman–Crippen MR) is 114 cm³/mol. The van der Waals surface area contributed by atoms with Gasteiger partial charge >= 0.3 is 5.97 Å². The second-order valence-electron chi connectivity index (χ2n) is 6.49. The fourth-order valence-corrected chi connectivity index (χ4v) is 3.23. The zero-order valence-corrected chi connectivity index (χ0v) is 18.6. The Morgan fingerprint density at radius 2 is 2.08 bits per heavy atom. The molecule has 1 aromatic rings. The van der Waals surface area contributed by atoms with Crippen molar-refractivity contribution in [3.05, 3.63) is 29.3 Å². The second kappa shape index (κ2) is 10.6. The lowest BCUT2D eigenvalue weighted by Gasteiger charge is -2.21. The summed E-state index contributed by atoms with van der Waals surface area (Å²) < 4.78 is 10.2. The summed E-state index contributed by atoms with van der Waals surface area (Å²) in [7, 11) is 3.12. The highest BCUT2D eigenvalue weighted by Gasteiger charge is 2.36. The van der Waals surface area contributed by atoms with Gasteiger partial charge in [-0.1, -0.05) is 19.1 Å². The highest BCUT2D eigenvalue weighted by molar-refractivity contribution is 14.0. The maximum atomic E-state index is 11.9. The Hall–Kier alpha value is -1.51. The van der Waals surface area contributed by atoms with E-state index in [1.807, 2.05) is 26.0 Å². The van der Waals surface area contributed by atoms with Gasteiger partial charge in [0.2, 0.25) is 0 Å². The van der Waals surface area contributed by atoms with Crippen LogP contribution in [-0.4, -0.2) is 50.7 Å². The fraction of sp³-hybridized carbons (Fsp3) is 0.579. The van der Waals surface area contributed by atoms with Crippen molar-refractivity contribution in [3.8, 4) is 5.75 Å². The van der Waals surface area contributed by atoms with Crippen LogP contribution in [0, 0.1) is 18.8 Å². The van der Waals surface area contributed by atoms with Gasteiger partial charge in [0, 0.05) is 19.6 Å². The van der Waals surface area contributed by atoms with E-state index in [-0.39, 0.29) is 41.8 Å². The number of benzene rings is 1. The molecule has 0 aromatic heterocycles. The van der Waals surface area contributed by atoms with Crippen molar-refractivity contribution in [2.24, 2.45) is 16.8 Å². The summed E-state index contributed by atoms with van der Waals surface area (Å²) in [6, 6.07) is 6.09. The lowest BCUT2D eigenvalue weighted by molar-refractivity contribution is -0.145. The Bertz CT molecular complexity index is 636. The van der Waals surface area contributed by atoms with Crippen molar-refractivity contribution < 1.29 is 14.3 Å². The molecule has 6 nitrogen and oxygen atoms in total. The van der Waals surface area contributed by atoms with Crippen LogP contribution in [0.15, 0.2) is 23.2 Å². The molecule has 0 spiro atoms. The number of nitrogens with zero attached hydrogens (tertiary/aromatic N) is 2. The molecule has 26 heavy (non-hydrogen) atoms. The quantitative estimate of drug-likeness (QED) is 0.307. The summed E-state index contributed by atoms with van der Waals surface area (Å²) in [5.74, 6) is 1.73. The van der Waals surface area contributed by atoms with E-state index < -0.39 is 0 Å². The first-order valence-electron chi connectivity index (χ1n) is 8.74. The molecule has 1 aliphatic heterocycles. The van der Waals surface area contributed by atoms with Gasteiger partial charge in [-0.15, -0.1) is 24.0 Å². The Morgan fingerprint density at radius 3 is 2.65 bits per heavy atom. The first-order chi connectivity index (χ1) is 12.0. The summed E-state index contributed by atoms with van der Waals surface area (Å²) in [6.45, 7) is 8.96. The average molecular weight is 475 g/mol. The van der Waals surface area contributed by atoms with Gasteiger partial charge in [-0.2, -0.15) is 0 Å². The van der Waals surface area contributed by atoms with Gasteiger partial charge in [0.05, 0.1) is 26.7 Å². The van der Waals surface area contributed by atoms with Crippen LogP contribution in [0.5, 0.6) is 5.75 Å². The lowest BCUT2D eigenvalue weighted by atomic mass is 9.99. The Kier molecular flexibility index (Phi) is 9.18. The SMILES string of the molecule is CCNC(=NCc1ccc(OC)c(C)c1)N1CC(C)C(C(=O)OC)C1.I. The lowest BCUT2D eigenvalue weighted by Crippen LogP contribution is -2.40. The number of methoxy groups -OCH3 is 2. The van der Waals surface area contributed by atoms with Gasteiger partial charge in [-0.25, -0.2) is 4.99 Å². The van der Waals surface area contributed by atoms with Gasteiger partial charge in [-0.3, -0.25) is 4.79 Å². The number of rotatable bonds is 5. The van der Waals surface area contributed by atoms with E-state index in [0.29, 0.717) is 13.1 Å². The number of hydrogen-bond acceptors (Lipinski definition) is 4. The number of likely N-dealkylation sites (tertiary alicyclic amines) is 1. The number of carbonyl (C=O) groups is 1. The first-order valence-corrected chi connectivity index (χ1v) is 8.74. The molecule has 1 N–H and O–H groups in total. The van der Waals surface area contributed by atoms with Crippen LogP contribution in [-0.2, 0) is 16.1 Å². The molecule has 2 atom stereocenters. The first kappa shape index (κ1) is 22.5. The Morgan fingerprint density at radius 1 is 1.35 bits per heavy atom. The van der Waals surface area contributed by atoms with E-state index in [9.17, 15) is 4.79 Å². The molecule has 1 saturated heterocycles. The molecular formula is C19H30IN3O3. The molecule has 1 aromatic carbocycles. The summed E-state index contributed by atoms with van der Waals surface area (Å²) in [4.78, 5) is 18.8. The number of guanidine groups is 1. The van der Waals surface area contributed by atoms with E-state index in [1.54, 1.807) is 7.11 Å². The van der Waals surface area contributed by atoms with E-state index in [1.165, 1.54) is 7.11 Å². The molecule has 1 aliphatic rings. The fourth-order valence-electron chi connectivity index (χ4n) is 3.23. The van der Waals surface area contributed by atoms with Crippen LogP contribution in [0.25, 0.3) is 0 Å². The largest absolute Gasteiger partial charge is 0.496 e. The number of aryl methyl sites for hydroxylation is 1. The van der Waals surface area contributed by atoms with Crippen LogP contribution < -0.4 is 10.1 Å². The van der Waals surface area contributed by atoms with Gasteiger partial charge in [0.1, 0.15) is 5.75 Å². The molecule has 2 unspecified atom stereocenters. The smallest absolute Gasteiger partial charge is 0.310 e. The van der Waals surface area contributed by atoms with Crippen molar-refractivity contribution in [3.63, 3.8) is 0 Å². The standard InChI is InChI=1S/C19H29N3O3.HI/c1-6-20-19(22-11-14(3)16(12-22)18(23)25-5)21-10-15-7-8-17(24-4)13(2)9-15;/h7-9,14,16H,6,10-12H2,1-5H3,(H,20,21);1H. The summed E-state index contributed by atoms with van der Waals surface area (Å²) in [6.07, 6.45) is 0. The minimum Gasteiger partial charge on any atom is -0.496 e. The van der Waals surface area contributed by atoms with Crippen LogP contribution >= 0.6 is 24.0 Å². The molecule has 0 saturated carbocycles. The molecule has 1 heterocycles. The summed E-state index contributed by atoms with van der Waals surface area (Å²) in [5.41, 5.74) is 2.23. The number of halogens is 1. The highest BCUT2D eigenvalue weighted by atomic mass is 127. The molecule has 0 radical (unpaired) electrons. The Labute approximate surface area is 173 Å². The van der Waals surface area contributed by atoms with Crippen LogP contribution in [0.4, 0.5) is 0 Å². The minimum absolute atomic E-state index is 0. The molecule has 0 aliphatic carbocycles. The number of esters is 1. The van der Waals surface area contributed by atoms with Gasteiger partial charge in [0.25, 0.3) is 0 Å². The number of carbonyl (C=O) groups excluding carboxylic acids is 1. The van der Waals surface area contributed by atoms with E-state index in [0.717, 1.165) is 35.9 Å². The molecular weight excluding hydrogens is 445 g/mol. The van der Waals surface area contributed by atoms with Crippen LogP contribution in [0.1, 0.15) is 25.0 Å². The topological polar surface area (TPSA) is 63.2 Å². The zero-order chi connectivity index (χ0) is 18.4. The zero-order valence-electron chi connectivity index (χ0n) is 16.2. The van der Waals surface area contributed by atoms with Crippen molar-refractivity contribution in [1.29, 1.82) is 0 Å². The number of ether oxygens (including phenoxy) is 2. The number of nitrogens with one attached hydrogen (secondary N) is 1. The number of hydrogen-bond donors (Lipinski definition) is 1. The third kappa shape index (κ3) is 5.49. The van der Waals surface area contributed by atoms with Crippen molar-refractivity contribution in [2.75, 3.05) is 33.9 Å². The summed E-state index contributed by atoms with van der Waals surface area (Å²) >= 11 is 0. The summed E-state index contributed by atoms with van der Waals surface area (Å²) in [5, 5.41) is 3.33. The van der Waals surface area contributed by atoms with Crippen LogP contribution in [0.3, 0.4) is 0 Å².